The Labute approximate surface area is 158 Å². The van der Waals surface area contributed by atoms with Gasteiger partial charge in [-0.25, -0.2) is 4.98 Å². The number of fused-ring (bicyclic) bond motifs is 1. The van der Waals surface area contributed by atoms with Gasteiger partial charge in [0.15, 0.2) is 0 Å². The normalized spacial score (nSPS) is 24.3. The third-order valence-corrected chi connectivity index (χ3v) is 5.79. The van der Waals surface area contributed by atoms with Crippen LogP contribution in [0.1, 0.15) is 30.1 Å². The van der Waals surface area contributed by atoms with Crippen molar-refractivity contribution >= 4 is 22.6 Å². The molecule has 0 radical (unpaired) electrons. The van der Waals surface area contributed by atoms with Gasteiger partial charge in [-0.3, -0.25) is 4.79 Å². The van der Waals surface area contributed by atoms with E-state index in [1.165, 1.54) is 11.3 Å². The number of carbonyl (C=O) groups excluding carboxylic acids is 1. The average Bonchev–Trinajstić information content (AvgIpc) is 3.14. The molecule has 0 bridgehead atoms. The van der Waals surface area contributed by atoms with Crippen LogP contribution < -0.4 is 10.2 Å². The summed E-state index contributed by atoms with van der Waals surface area (Å²) in [5.41, 5.74) is 4.54. The van der Waals surface area contributed by atoms with E-state index >= 15 is 0 Å². The van der Waals surface area contributed by atoms with Crippen LogP contribution in [0.25, 0.3) is 11.0 Å². The second-order valence-corrected chi connectivity index (χ2v) is 7.87. The first kappa shape index (κ1) is 16.4. The Kier molecular flexibility index (Phi) is 3.88. The lowest BCUT2D eigenvalue weighted by Gasteiger charge is -2.19. The van der Waals surface area contributed by atoms with E-state index in [0.717, 1.165) is 42.8 Å². The van der Waals surface area contributed by atoms with E-state index in [2.05, 4.69) is 51.4 Å². The Bertz CT molecular complexity index is 962. The molecule has 2 N–H and O–H groups in total. The van der Waals surface area contributed by atoms with Crippen molar-refractivity contribution < 1.29 is 4.79 Å². The minimum atomic E-state index is 0.0542. The van der Waals surface area contributed by atoms with Crippen LogP contribution in [0, 0.1) is 12.8 Å². The summed E-state index contributed by atoms with van der Waals surface area (Å²) < 4.78 is 0. The number of anilines is 1. The number of hydrogen-bond acceptors (Lipinski definition) is 3. The third kappa shape index (κ3) is 3.18. The number of nitrogens with zero attached hydrogens (tertiary/aromatic N) is 2. The zero-order chi connectivity index (χ0) is 18.4. The van der Waals surface area contributed by atoms with Gasteiger partial charge in [0.2, 0.25) is 5.91 Å². The second-order valence-electron chi connectivity index (χ2n) is 7.87. The molecule has 1 saturated heterocycles. The first-order chi connectivity index (χ1) is 13.2. The highest BCUT2D eigenvalue weighted by Crippen LogP contribution is 2.46. The number of imidazole rings is 1. The number of aromatic nitrogens is 2. The van der Waals surface area contributed by atoms with Gasteiger partial charge >= 0.3 is 0 Å². The van der Waals surface area contributed by atoms with Gasteiger partial charge in [0.25, 0.3) is 0 Å². The van der Waals surface area contributed by atoms with E-state index in [4.69, 9.17) is 0 Å². The molecule has 2 fully saturated rings. The molecule has 138 valence electrons. The lowest BCUT2D eigenvalue weighted by atomic mass is 10.2. The molecule has 1 saturated carbocycles. The number of aryl methyl sites for hydroxylation is 1. The number of rotatable bonds is 4. The van der Waals surface area contributed by atoms with Crippen molar-refractivity contribution in [3.63, 3.8) is 0 Å². The first-order valence-electron chi connectivity index (χ1n) is 9.74. The zero-order valence-electron chi connectivity index (χ0n) is 15.5. The molecule has 2 aromatic carbocycles. The molecule has 5 nitrogen and oxygen atoms in total. The molecule has 27 heavy (non-hydrogen) atoms. The summed E-state index contributed by atoms with van der Waals surface area (Å²) in [5.74, 6) is 1.41. The molecule has 1 aliphatic heterocycles. The number of benzene rings is 2. The summed E-state index contributed by atoms with van der Waals surface area (Å²) in [7, 11) is 0. The van der Waals surface area contributed by atoms with Crippen LogP contribution in [-0.2, 0) is 4.79 Å². The predicted molar refractivity (Wildman–Crippen MR) is 107 cm³/mol. The fraction of sp³-hybridized carbons (Fsp3) is 0.364. The van der Waals surface area contributed by atoms with E-state index in [0.29, 0.717) is 0 Å². The SMILES string of the molecule is Cc1cccc(N2CC[C@@H](NC(=O)[C@H]3C[C@@H]3c3nc4ccccc4[nH]3)C2)c1. The van der Waals surface area contributed by atoms with Gasteiger partial charge in [0.1, 0.15) is 5.82 Å². The van der Waals surface area contributed by atoms with Crippen LogP contribution in [-0.4, -0.2) is 35.0 Å². The van der Waals surface area contributed by atoms with Crippen LogP contribution in [0.2, 0.25) is 0 Å². The fourth-order valence-corrected chi connectivity index (χ4v) is 4.18. The molecule has 3 aromatic rings. The Morgan fingerprint density at radius 3 is 2.96 bits per heavy atom. The number of aromatic amines is 1. The predicted octanol–water partition coefficient (Wildman–Crippen LogP) is 3.37. The lowest BCUT2D eigenvalue weighted by Crippen LogP contribution is -2.38. The van der Waals surface area contributed by atoms with Gasteiger partial charge in [0, 0.05) is 36.7 Å². The number of para-hydroxylation sites is 2. The zero-order valence-corrected chi connectivity index (χ0v) is 15.5. The Balaban J connectivity index is 1.19. The highest BCUT2D eigenvalue weighted by Gasteiger charge is 2.46. The lowest BCUT2D eigenvalue weighted by molar-refractivity contribution is -0.123. The summed E-state index contributed by atoms with van der Waals surface area (Å²) in [6.07, 6.45) is 1.89. The number of H-pyrrole nitrogens is 1. The molecule has 1 amide bonds. The Morgan fingerprint density at radius 2 is 2.11 bits per heavy atom. The monoisotopic (exact) mass is 360 g/mol. The van der Waals surface area contributed by atoms with Gasteiger partial charge < -0.3 is 15.2 Å². The average molecular weight is 360 g/mol. The summed E-state index contributed by atoms with van der Waals surface area (Å²) >= 11 is 0. The minimum Gasteiger partial charge on any atom is -0.369 e. The topological polar surface area (TPSA) is 61.0 Å². The number of nitrogens with one attached hydrogen (secondary N) is 2. The summed E-state index contributed by atoms with van der Waals surface area (Å²) in [6, 6.07) is 16.8. The molecule has 1 aliphatic carbocycles. The van der Waals surface area contributed by atoms with Crippen LogP contribution in [0.15, 0.2) is 48.5 Å². The Hall–Kier alpha value is -2.82. The molecule has 0 spiro atoms. The number of carbonyl (C=O) groups is 1. The third-order valence-electron chi connectivity index (χ3n) is 5.79. The van der Waals surface area contributed by atoms with Gasteiger partial charge in [-0.05, 0) is 49.6 Å². The molecule has 5 rings (SSSR count). The maximum Gasteiger partial charge on any atom is 0.224 e. The van der Waals surface area contributed by atoms with Gasteiger partial charge in [0.05, 0.1) is 11.0 Å². The van der Waals surface area contributed by atoms with Crippen molar-refractivity contribution in [3.05, 3.63) is 59.9 Å². The van der Waals surface area contributed by atoms with Crippen molar-refractivity contribution in [1.82, 2.24) is 15.3 Å². The first-order valence-corrected chi connectivity index (χ1v) is 9.74. The molecule has 3 atom stereocenters. The summed E-state index contributed by atoms with van der Waals surface area (Å²) in [6.45, 7) is 3.99. The van der Waals surface area contributed by atoms with Crippen molar-refractivity contribution in [2.75, 3.05) is 18.0 Å². The van der Waals surface area contributed by atoms with Gasteiger partial charge in [-0.1, -0.05) is 24.3 Å². The largest absolute Gasteiger partial charge is 0.369 e. The molecule has 2 aliphatic rings. The van der Waals surface area contributed by atoms with Crippen molar-refractivity contribution in [3.8, 4) is 0 Å². The van der Waals surface area contributed by atoms with Crippen molar-refractivity contribution in [2.45, 2.75) is 31.7 Å². The number of hydrogen-bond donors (Lipinski definition) is 2. The molecule has 1 aromatic heterocycles. The van der Waals surface area contributed by atoms with Crippen molar-refractivity contribution in [1.29, 1.82) is 0 Å². The fourth-order valence-electron chi connectivity index (χ4n) is 4.18. The second kappa shape index (κ2) is 6.41. The van der Waals surface area contributed by atoms with Crippen LogP contribution in [0.4, 0.5) is 5.69 Å². The van der Waals surface area contributed by atoms with E-state index in [1.807, 2.05) is 24.3 Å². The summed E-state index contributed by atoms with van der Waals surface area (Å²) in [5, 5.41) is 3.27. The molecule has 5 heteroatoms. The molecule has 2 heterocycles. The maximum absolute atomic E-state index is 12.7. The highest BCUT2D eigenvalue weighted by molar-refractivity contribution is 5.83. The van der Waals surface area contributed by atoms with Crippen LogP contribution in [0.3, 0.4) is 0 Å². The maximum atomic E-state index is 12.7. The van der Waals surface area contributed by atoms with Gasteiger partial charge in [-0.2, -0.15) is 0 Å². The van der Waals surface area contributed by atoms with E-state index in [9.17, 15) is 4.79 Å². The molecular formula is C22H24N4O. The van der Waals surface area contributed by atoms with Crippen molar-refractivity contribution in [2.24, 2.45) is 5.92 Å². The minimum absolute atomic E-state index is 0.0542. The highest BCUT2D eigenvalue weighted by atomic mass is 16.2. The quantitative estimate of drug-likeness (QED) is 0.750. The van der Waals surface area contributed by atoms with E-state index in [-0.39, 0.29) is 23.8 Å². The van der Waals surface area contributed by atoms with Crippen LogP contribution >= 0.6 is 0 Å². The van der Waals surface area contributed by atoms with E-state index < -0.39 is 0 Å². The smallest absolute Gasteiger partial charge is 0.224 e. The molecular weight excluding hydrogens is 336 g/mol. The van der Waals surface area contributed by atoms with Gasteiger partial charge in [-0.15, -0.1) is 0 Å². The number of amides is 1. The summed E-state index contributed by atoms with van der Waals surface area (Å²) in [4.78, 5) is 23.1. The standard InChI is InChI=1S/C22H24N4O/c1-14-5-4-6-16(11-14)26-10-9-15(13-26)23-22(27)18-12-17(18)21-24-19-7-2-3-8-20(19)25-21/h2-8,11,15,17-18H,9-10,12-13H2,1H3,(H,23,27)(H,24,25)/t15-,17+,18+/m1/s1. The van der Waals surface area contributed by atoms with Crippen LogP contribution in [0.5, 0.6) is 0 Å². The molecule has 0 unspecified atom stereocenters. The van der Waals surface area contributed by atoms with E-state index in [1.54, 1.807) is 0 Å². The Morgan fingerprint density at radius 1 is 1.22 bits per heavy atom.